The van der Waals surface area contributed by atoms with E-state index in [1.54, 1.807) is 0 Å². The van der Waals surface area contributed by atoms with E-state index in [-0.39, 0.29) is 11.5 Å². The molecule has 5 nitrogen and oxygen atoms in total. The molecular formula is C17H22F2N2O3. The van der Waals surface area contributed by atoms with E-state index in [0.717, 1.165) is 19.2 Å². The molecule has 1 aromatic rings. The Balaban J connectivity index is 2.07. The van der Waals surface area contributed by atoms with Crippen molar-refractivity contribution >= 4 is 11.9 Å². The van der Waals surface area contributed by atoms with Crippen LogP contribution in [0.25, 0.3) is 0 Å². The number of hydrogen-bond donors (Lipinski definition) is 2. The molecule has 2 N–H and O–H groups in total. The zero-order valence-electron chi connectivity index (χ0n) is 13.8. The van der Waals surface area contributed by atoms with E-state index < -0.39 is 29.6 Å². The second-order valence-electron chi connectivity index (χ2n) is 6.33. The fourth-order valence-corrected chi connectivity index (χ4v) is 2.95. The summed E-state index contributed by atoms with van der Waals surface area (Å²) in [6.45, 7) is 5.66. The summed E-state index contributed by atoms with van der Waals surface area (Å²) < 4.78 is 27.2. The second kappa shape index (κ2) is 7.70. The number of aliphatic carboxylic acids is 1. The quantitative estimate of drug-likeness (QED) is 0.863. The van der Waals surface area contributed by atoms with Crippen LogP contribution in [0.1, 0.15) is 38.3 Å². The lowest BCUT2D eigenvalue weighted by Gasteiger charge is -2.34. The molecule has 1 aliphatic rings. The standard InChI is InChI=1S/C17H22F2N2O3/c1-10(2)21-8-6-11(7-9-21)16(22)20-15(17(23)24)12-4-3-5-13(18)14(12)19/h3-5,10-11,15H,6-9H2,1-2H3,(H,20,22)(H,23,24)/t15-/m0/s1. The first-order chi connectivity index (χ1) is 11.3. The van der Waals surface area contributed by atoms with Gasteiger partial charge in [0.15, 0.2) is 17.7 Å². The fraction of sp³-hybridized carbons (Fsp3) is 0.529. The SMILES string of the molecule is CC(C)N1CCC(C(=O)N[C@H](C(=O)O)c2cccc(F)c2F)CC1. The fourth-order valence-electron chi connectivity index (χ4n) is 2.95. The van der Waals surface area contributed by atoms with Gasteiger partial charge in [0, 0.05) is 17.5 Å². The summed E-state index contributed by atoms with van der Waals surface area (Å²) in [6, 6.07) is 2.08. The van der Waals surface area contributed by atoms with Crippen LogP contribution in [0.5, 0.6) is 0 Å². The minimum Gasteiger partial charge on any atom is -0.479 e. The van der Waals surface area contributed by atoms with Crippen LogP contribution in [0.4, 0.5) is 8.78 Å². The van der Waals surface area contributed by atoms with Crippen molar-refractivity contribution in [3.8, 4) is 0 Å². The van der Waals surface area contributed by atoms with Crippen LogP contribution < -0.4 is 5.32 Å². The first-order valence-corrected chi connectivity index (χ1v) is 8.02. The number of hydrogen-bond acceptors (Lipinski definition) is 3. The Kier molecular flexibility index (Phi) is 5.88. The zero-order valence-corrected chi connectivity index (χ0v) is 13.8. The molecule has 0 aromatic heterocycles. The minimum absolute atomic E-state index is 0.321. The Bertz CT molecular complexity index is 614. The van der Waals surface area contributed by atoms with E-state index in [1.165, 1.54) is 12.1 Å². The van der Waals surface area contributed by atoms with Crippen LogP contribution in [0.2, 0.25) is 0 Å². The number of amides is 1. The van der Waals surface area contributed by atoms with Crippen molar-refractivity contribution < 1.29 is 23.5 Å². The molecule has 0 spiro atoms. The summed E-state index contributed by atoms with van der Waals surface area (Å²) in [5, 5.41) is 11.6. The number of carbonyl (C=O) groups is 2. The maximum Gasteiger partial charge on any atom is 0.331 e. The molecule has 1 amide bonds. The third kappa shape index (κ3) is 4.08. The molecule has 0 radical (unpaired) electrons. The largest absolute Gasteiger partial charge is 0.479 e. The number of nitrogens with one attached hydrogen (secondary N) is 1. The average Bonchev–Trinajstić information content (AvgIpc) is 2.55. The Labute approximate surface area is 139 Å². The Morgan fingerprint density at radius 2 is 1.88 bits per heavy atom. The van der Waals surface area contributed by atoms with Gasteiger partial charge in [0.25, 0.3) is 0 Å². The number of carboxylic acid groups (broad SMARTS) is 1. The molecule has 2 rings (SSSR count). The topological polar surface area (TPSA) is 69.6 Å². The average molecular weight is 340 g/mol. The van der Waals surface area contributed by atoms with Gasteiger partial charge in [-0.2, -0.15) is 0 Å². The molecule has 0 unspecified atom stereocenters. The number of carboxylic acids is 1. The third-order valence-corrected chi connectivity index (χ3v) is 4.46. The molecule has 0 bridgehead atoms. The van der Waals surface area contributed by atoms with Gasteiger partial charge in [-0.05, 0) is 45.8 Å². The Hall–Kier alpha value is -2.02. The lowest BCUT2D eigenvalue weighted by molar-refractivity contribution is -0.143. The number of piperidine rings is 1. The summed E-state index contributed by atoms with van der Waals surface area (Å²) in [6.07, 6.45) is 1.23. The van der Waals surface area contributed by atoms with E-state index in [1.807, 2.05) is 0 Å². The van der Waals surface area contributed by atoms with Gasteiger partial charge in [-0.15, -0.1) is 0 Å². The molecule has 132 valence electrons. The first kappa shape index (κ1) is 18.3. The number of nitrogens with zero attached hydrogens (tertiary/aromatic N) is 1. The summed E-state index contributed by atoms with van der Waals surface area (Å²) in [5.41, 5.74) is -0.379. The molecule has 1 heterocycles. The smallest absolute Gasteiger partial charge is 0.331 e. The number of rotatable bonds is 5. The van der Waals surface area contributed by atoms with Gasteiger partial charge >= 0.3 is 5.97 Å². The van der Waals surface area contributed by atoms with Crippen molar-refractivity contribution in [3.05, 3.63) is 35.4 Å². The number of carbonyl (C=O) groups excluding carboxylic acids is 1. The van der Waals surface area contributed by atoms with Crippen molar-refractivity contribution in [1.82, 2.24) is 10.2 Å². The van der Waals surface area contributed by atoms with Crippen LogP contribution in [0.15, 0.2) is 18.2 Å². The predicted octanol–water partition coefficient (Wildman–Crippen LogP) is 2.33. The molecular weight excluding hydrogens is 318 g/mol. The minimum atomic E-state index is -1.60. The van der Waals surface area contributed by atoms with E-state index in [9.17, 15) is 23.5 Å². The Morgan fingerprint density at radius 3 is 2.42 bits per heavy atom. The van der Waals surface area contributed by atoms with Crippen LogP contribution >= 0.6 is 0 Å². The van der Waals surface area contributed by atoms with Gasteiger partial charge < -0.3 is 15.3 Å². The van der Waals surface area contributed by atoms with E-state index in [2.05, 4.69) is 24.1 Å². The highest BCUT2D eigenvalue weighted by molar-refractivity contribution is 5.86. The third-order valence-electron chi connectivity index (χ3n) is 4.46. The molecule has 1 aliphatic heterocycles. The van der Waals surface area contributed by atoms with Crippen molar-refractivity contribution in [1.29, 1.82) is 0 Å². The highest BCUT2D eigenvalue weighted by Crippen LogP contribution is 2.23. The molecule has 24 heavy (non-hydrogen) atoms. The second-order valence-corrected chi connectivity index (χ2v) is 6.33. The van der Waals surface area contributed by atoms with E-state index >= 15 is 0 Å². The van der Waals surface area contributed by atoms with Gasteiger partial charge in [-0.25, -0.2) is 13.6 Å². The lowest BCUT2D eigenvalue weighted by atomic mass is 9.94. The van der Waals surface area contributed by atoms with Crippen LogP contribution in [-0.2, 0) is 9.59 Å². The van der Waals surface area contributed by atoms with Gasteiger partial charge in [0.05, 0.1) is 0 Å². The van der Waals surface area contributed by atoms with E-state index in [0.29, 0.717) is 18.9 Å². The maximum atomic E-state index is 13.8. The lowest BCUT2D eigenvalue weighted by Crippen LogP contribution is -2.45. The normalized spacial score (nSPS) is 17.7. The van der Waals surface area contributed by atoms with Gasteiger partial charge in [-0.1, -0.05) is 12.1 Å². The van der Waals surface area contributed by atoms with Crippen molar-refractivity contribution in [2.45, 2.75) is 38.8 Å². The molecule has 1 atom stereocenters. The molecule has 1 fully saturated rings. The highest BCUT2D eigenvalue weighted by Gasteiger charge is 2.31. The summed E-state index contributed by atoms with van der Waals surface area (Å²) in [5.74, 6) is -4.57. The molecule has 1 saturated heterocycles. The monoisotopic (exact) mass is 340 g/mol. The number of benzene rings is 1. The first-order valence-electron chi connectivity index (χ1n) is 8.02. The summed E-state index contributed by atoms with van der Waals surface area (Å²) >= 11 is 0. The van der Waals surface area contributed by atoms with Crippen LogP contribution in [-0.4, -0.2) is 41.0 Å². The molecule has 1 aromatic carbocycles. The van der Waals surface area contributed by atoms with Crippen LogP contribution in [0.3, 0.4) is 0 Å². The molecule has 0 aliphatic carbocycles. The van der Waals surface area contributed by atoms with E-state index in [4.69, 9.17) is 0 Å². The van der Waals surface area contributed by atoms with Crippen molar-refractivity contribution in [2.75, 3.05) is 13.1 Å². The summed E-state index contributed by atoms with van der Waals surface area (Å²) in [7, 11) is 0. The number of likely N-dealkylation sites (tertiary alicyclic amines) is 1. The van der Waals surface area contributed by atoms with Crippen molar-refractivity contribution in [3.63, 3.8) is 0 Å². The van der Waals surface area contributed by atoms with Gasteiger partial charge in [0.2, 0.25) is 5.91 Å². The van der Waals surface area contributed by atoms with Crippen LogP contribution in [0, 0.1) is 17.6 Å². The van der Waals surface area contributed by atoms with Gasteiger partial charge in [0.1, 0.15) is 0 Å². The zero-order chi connectivity index (χ0) is 17.9. The molecule has 7 heteroatoms. The van der Waals surface area contributed by atoms with Gasteiger partial charge in [-0.3, -0.25) is 4.79 Å². The predicted molar refractivity (Wildman–Crippen MR) is 84.3 cm³/mol. The summed E-state index contributed by atoms with van der Waals surface area (Å²) in [4.78, 5) is 26.0. The highest BCUT2D eigenvalue weighted by atomic mass is 19.2. The van der Waals surface area contributed by atoms with Crippen molar-refractivity contribution in [2.24, 2.45) is 5.92 Å². The number of halogens is 2. The Morgan fingerprint density at radius 1 is 1.25 bits per heavy atom. The maximum absolute atomic E-state index is 13.8. The molecule has 0 saturated carbocycles.